The number of ether oxygens (including phenoxy) is 1. The van der Waals surface area contributed by atoms with Crippen LogP contribution in [0.1, 0.15) is 23.9 Å². The van der Waals surface area contributed by atoms with Crippen molar-refractivity contribution < 1.29 is 18.7 Å². The normalized spacial score (nSPS) is 18.4. The van der Waals surface area contributed by atoms with Crippen molar-refractivity contribution in [2.45, 2.75) is 37.0 Å². The van der Waals surface area contributed by atoms with E-state index in [4.69, 9.17) is 9.15 Å². The van der Waals surface area contributed by atoms with E-state index in [0.29, 0.717) is 23.5 Å². The van der Waals surface area contributed by atoms with Gasteiger partial charge < -0.3 is 14.5 Å². The second-order valence-corrected chi connectivity index (χ2v) is 8.16. The van der Waals surface area contributed by atoms with E-state index in [1.165, 1.54) is 11.8 Å². The molecule has 4 rings (SSSR count). The third-order valence-corrected chi connectivity index (χ3v) is 5.80. The number of thioether (sulfide) groups is 1. The van der Waals surface area contributed by atoms with Crippen LogP contribution in [-0.4, -0.2) is 28.2 Å². The standard InChI is InChI=1S/C22H22N4O4S/c1-14-18(20(27)24-21(28)23-14)11-19-25-26-22(30-19)31-13-16-7-9-17(10-8-16)29-12-15-5-3-2-4-6-15/h2-10,14,18H,11-13H2,1H3,(H2,23,24,27,28). The summed E-state index contributed by atoms with van der Waals surface area (Å²) in [6.45, 7) is 2.31. The molecule has 2 atom stereocenters. The van der Waals surface area contributed by atoms with E-state index in [0.717, 1.165) is 16.9 Å². The first-order valence-electron chi connectivity index (χ1n) is 9.89. The van der Waals surface area contributed by atoms with Crippen LogP contribution in [-0.2, 0) is 23.6 Å². The summed E-state index contributed by atoms with van der Waals surface area (Å²) in [6.07, 6.45) is 0.272. The molecule has 2 heterocycles. The van der Waals surface area contributed by atoms with Gasteiger partial charge in [-0.15, -0.1) is 10.2 Å². The molecular formula is C22H22N4O4S. The Morgan fingerprint density at radius 2 is 1.81 bits per heavy atom. The van der Waals surface area contributed by atoms with E-state index in [9.17, 15) is 9.59 Å². The molecule has 1 aliphatic heterocycles. The van der Waals surface area contributed by atoms with Crippen molar-refractivity contribution >= 4 is 23.7 Å². The Labute approximate surface area is 183 Å². The zero-order valence-corrected chi connectivity index (χ0v) is 17.7. The SMILES string of the molecule is CC1NC(=O)NC(=O)C1Cc1nnc(SCc2ccc(OCc3ccccc3)cc2)o1. The molecule has 1 saturated heterocycles. The maximum atomic E-state index is 12.0. The molecule has 2 N–H and O–H groups in total. The predicted octanol–water partition coefficient (Wildman–Crippen LogP) is 3.33. The Balaban J connectivity index is 1.26. The Morgan fingerprint density at radius 1 is 1.03 bits per heavy atom. The molecular weight excluding hydrogens is 416 g/mol. The molecule has 0 saturated carbocycles. The zero-order chi connectivity index (χ0) is 21.6. The summed E-state index contributed by atoms with van der Waals surface area (Å²) in [6, 6.07) is 17.1. The smallest absolute Gasteiger partial charge is 0.321 e. The molecule has 2 aromatic carbocycles. The topological polar surface area (TPSA) is 106 Å². The molecule has 0 bridgehead atoms. The monoisotopic (exact) mass is 438 g/mol. The van der Waals surface area contributed by atoms with Gasteiger partial charge in [-0.2, -0.15) is 0 Å². The fourth-order valence-corrected chi connectivity index (χ4v) is 3.92. The van der Waals surface area contributed by atoms with Crippen LogP contribution in [0, 0.1) is 5.92 Å². The van der Waals surface area contributed by atoms with Crippen LogP contribution in [0.15, 0.2) is 64.2 Å². The number of imide groups is 1. The number of carbonyl (C=O) groups is 2. The van der Waals surface area contributed by atoms with Crippen LogP contribution >= 0.6 is 11.8 Å². The zero-order valence-electron chi connectivity index (χ0n) is 16.9. The minimum atomic E-state index is -0.480. The largest absolute Gasteiger partial charge is 0.489 e. The summed E-state index contributed by atoms with van der Waals surface area (Å²) in [5, 5.41) is 13.5. The van der Waals surface area contributed by atoms with Crippen molar-refractivity contribution in [3.8, 4) is 5.75 Å². The van der Waals surface area contributed by atoms with Crippen LogP contribution in [0.5, 0.6) is 5.75 Å². The van der Waals surface area contributed by atoms with Gasteiger partial charge >= 0.3 is 6.03 Å². The third kappa shape index (κ3) is 5.64. The van der Waals surface area contributed by atoms with Crippen LogP contribution < -0.4 is 15.4 Å². The number of urea groups is 1. The molecule has 1 aromatic heterocycles. The van der Waals surface area contributed by atoms with E-state index >= 15 is 0 Å². The second-order valence-electron chi connectivity index (χ2n) is 7.23. The van der Waals surface area contributed by atoms with Crippen LogP contribution in [0.3, 0.4) is 0 Å². The molecule has 3 amide bonds. The number of rotatable bonds is 8. The molecule has 160 valence electrons. The van der Waals surface area contributed by atoms with E-state index in [2.05, 4.69) is 20.8 Å². The minimum Gasteiger partial charge on any atom is -0.489 e. The average molecular weight is 439 g/mol. The lowest BCUT2D eigenvalue weighted by Crippen LogP contribution is -2.57. The summed E-state index contributed by atoms with van der Waals surface area (Å²) in [7, 11) is 0. The van der Waals surface area contributed by atoms with Gasteiger partial charge in [0.15, 0.2) is 0 Å². The van der Waals surface area contributed by atoms with E-state index < -0.39 is 11.9 Å². The van der Waals surface area contributed by atoms with Crippen molar-refractivity contribution in [2.75, 3.05) is 0 Å². The molecule has 0 spiro atoms. The highest BCUT2D eigenvalue weighted by Gasteiger charge is 2.34. The molecule has 1 aliphatic rings. The van der Waals surface area contributed by atoms with Crippen molar-refractivity contribution in [3.05, 3.63) is 71.6 Å². The van der Waals surface area contributed by atoms with Gasteiger partial charge in [0.2, 0.25) is 11.8 Å². The first-order chi connectivity index (χ1) is 15.1. The van der Waals surface area contributed by atoms with Gasteiger partial charge in [-0.3, -0.25) is 10.1 Å². The quantitative estimate of drug-likeness (QED) is 0.520. The molecule has 0 aliphatic carbocycles. The lowest BCUT2D eigenvalue weighted by molar-refractivity contribution is -0.125. The Morgan fingerprint density at radius 3 is 2.55 bits per heavy atom. The maximum Gasteiger partial charge on any atom is 0.321 e. The predicted molar refractivity (Wildman–Crippen MR) is 114 cm³/mol. The van der Waals surface area contributed by atoms with Gasteiger partial charge in [0, 0.05) is 18.2 Å². The highest BCUT2D eigenvalue weighted by Crippen LogP contribution is 2.24. The number of aromatic nitrogens is 2. The number of hydrogen-bond donors (Lipinski definition) is 2. The van der Waals surface area contributed by atoms with Crippen LogP contribution in [0.25, 0.3) is 0 Å². The third-order valence-electron chi connectivity index (χ3n) is 4.91. The number of benzene rings is 2. The number of nitrogens with one attached hydrogen (secondary N) is 2. The fourth-order valence-electron chi connectivity index (χ4n) is 3.18. The molecule has 1 fully saturated rings. The van der Waals surface area contributed by atoms with Crippen molar-refractivity contribution in [2.24, 2.45) is 5.92 Å². The van der Waals surface area contributed by atoms with Crippen molar-refractivity contribution in [1.82, 2.24) is 20.8 Å². The summed E-state index contributed by atoms with van der Waals surface area (Å²) in [5.41, 5.74) is 2.22. The van der Waals surface area contributed by atoms with Crippen molar-refractivity contribution in [1.29, 1.82) is 0 Å². The van der Waals surface area contributed by atoms with Gasteiger partial charge in [0.25, 0.3) is 5.22 Å². The molecule has 0 radical (unpaired) electrons. The Kier molecular flexibility index (Phi) is 6.51. The van der Waals surface area contributed by atoms with Gasteiger partial charge in [-0.05, 0) is 30.2 Å². The first-order valence-corrected chi connectivity index (χ1v) is 10.9. The van der Waals surface area contributed by atoms with Gasteiger partial charge in [-0.1, -0.05) is 54.2 Å². The summed E-state index contributed by atoms with van der Waals surface area (Å²) in [5.74, 6) is 1.06. The summed E-state index contributed by atoms with van der Waals surface area (Å²) in [4.78, 5) is 23.3. The minimum absolute atomic E-state index is 0.272. The molecule has 31 heavy (non-hydrogen) atoms. The first kappa shape index (κ1) is 20.9. The summed E-state index contributed by atoms with van der Waals surface area (Å²) >= 11 is 1.42. The Bertz CT molecular complexity index is 1040. The number of nitrogens with zero attached hydrogens (tertiary/aromatic N) is 2. The lowest BCUT2D eigenvalue weighted by atomic mass is 9.95. The van der Waals surface area contributed by atoms with Crippen LogP contribution in [0.2, 0.25) is 0 Å². The summed E-state index contributed by atoms with van der Waals surface area (Å²) < 4.78 is 11.5. The van der Waals surface area contributed by atoms with E-state index in [-0.39, 0.29) is 18.4 Å². The highest BCUT2D eigenvalue weighted by molar-refractivity contribution is 7.98. The van der Waals surface area contributed by atoms with Crippen molar-refractivity contribution in [3.63, 3.8) is 0 Å². The van der Waals surface area contributed by atoms with E-state index in [1.54, 1.807) is 6.92 Å². The molecule has 2 unspecified atom stereocenters. The number of amides is 3. The number of hydrogen-bond acceptors (Lipinski definition) is 7. The second kappa shape index (κ2) is 9.65. The molecule has 3 aromatic rings. The van der Waals surface area contributed by atoms with E-state index in [1.807, 2.05) is 54.6 Å². The Hall–Kier alpha value is -3.33. The van der Waals surface area contributed by atoms with Crippen LogP contribution in [0.4, 0.5) is 4.79 Å². The molecule has 9 heteroatoms. The van der Waals surface area contributed by atoms with Gasteiger partial charge in [-0.25, -0.2) is 4.79 Å². The number of carbonyl (C=O) groups excluding carboxylic acids is 2. The molecule has 8 nitrogen and oxygen atoms in total. The fraction of sp³-hybridized carbons (Fsp3) is 0.273. The van der Waals surface area contributed by atoms with Gasteiger partial charge in [0.1, 0.15) is 12.4 Å². The maximum absolute atomic E-state index is 12.0. The highest BCUT2D eigenvalue weighted by atomic mass is 32.2. The lowest BCUT2D eigenvalue weighted by Gasteiger charge is -2.27. The van der Waals surface area contributed by atoms with Gasteiger partial charge in [0.05, 0.1) is 5.92 Å². The average Bonchev–Trinajstić information content (AvgIpc) is 3.22.